The molecular weight excluding hydrogens is 698 g/mol. The van der Waals surface area contributed by atoms with Gasteiger partial charge in [0.05, 0.1) is 78.2 Å². The quantitative estimate of drug-likeness (QED) is 0.0441. The van der Waals surface area contributed by atoms with Crippen LogP contribution in [0.1, 0.15) is 39.6 Å². The van der Waals surface area contributed by atoms with Crippen LogP contribution < -0.4 is 19.5 Å². The van der Waals surface area contributed by atoms with Crippen molar-refractivity contribution in [3.05, 3.63) is 74.0 Å². The van der Waals surface area contributed by atoms with Gasteiger partial charge in [-0.25, -0.2) is 4.79 Å². The minimum Gasteiger partial charge on any atom is -0.487 e. The first-order valence-corrected chi connectivity index (χ1v) is 17.1. The number of hydrogen-bond acceptors (Lipinski definition) is 13. The van der Waals surface area contributed by atoms with Gasteiger partial charge >= 0.3 is 5.97 Å². The standard InChI is InChI=1S/C34H49N7O12/c1-2-9-45-12-15-50-20-23-53-32-30(51-21-18-48-16-13-46-10-7-38-40-35)24-29(33(42)37-26-27-3-5-28(6-4-27)34(43)44)25-31(32)52-22-19-49-17-14-47-11-8-39-41-36/h3-6,24-25H,2,7-23,26H2,1H3,(H,37,42)(H,43,44). The molecule has 2 aromatic carbocycles. The van der Waals surface area contributed by atoms with E-state index in [1.807, 2.05) is 6.92 Å². The third-order valence-corrected chi connectivity index (χ3v) is 6.64. The Morgan fingerprint density at radius 2 is 1.06 bits per heavy atom. The number of hydrogen-bond donors (Lipinski definition) is 2. The second kappa shape index (κ2) is 29.7. The summed E-state index contributed by atoms with van der Waals surface area (Å²) in [5.41, 5.74) is 17.7. The van der Waals surface area contributed by atoms with E-state index in [4.69, 9.17) is 53.7 Å². The fraction of sp³-hybridized carbons (Fsp3) is 0.588. The fourth-order valence-electron chi connectivity index (χ4n) is 4.15. The van der Waals surface area contributed by atoms with Crippen molar-refractivity contribution >= 4 is 11.9 Å². The highest BCUT2D eigenvalue weighted by atomic mass is 16.6. The van der Waals surface area contributed by atoms with Gasteiger partial charge in [0.25, 0.3) is 5.91 Å². The molecule has 0 radical (unpaired) electrons. The molecule has 0 atom stereocenters. The van der Waals surface area contributed by atoms with Crippen LogP contribution in [0.4, 0.5) is 0 Å². The van der Waals surface area contributed by atoms with Crippen LogP contribution in [0, 0.1) is 0 Å². The van der Waals surface area contributed by atoms with Crippen LogP contribution in [-0.2, 0) is 35.0 Å². The molecule has 2 N–H and O–H groups in total. The number of carbonyl (C=O) groups is 2. The first-order chi connectivity index (χ1) is 26.0. The Labute approximate surface area is 307 Å². The van der Waals surface area contributed by atoms with Crippen molar-refractivity contribution < 1.29 is 57.3 Å². The number of benzene rings is 2. The average molecular weight is 748 g/mol. The summed E-state index contributed by atoms with van der Waals surface area (Å²) in [6.07, 6.45) is 0.915. The molecule has 0 bridgehead atoms. The monoisotopic (exact) mass is 747 g/mol. The molecule has 53 heavy (non-hydrogen) atoms. The number of carbonyl (C=O) groups excluding carboxylic acids is 1. The maximum absolute atomic E-state index is 13.4. The summed E-state index contributed by atoms with van der Waals surface area (Å²) in [5, 5.41) is 18.8. The van der Waals surface area contributed by atoms with Crippen LogP contribution in [0.2, 0.25) is 0 Å². The number of carboxylic acids is 1. The molecule has 0 aromatic heterocycles. The zero-order valence-electron chi connectivity index (χ0n) is 30.0. The van der Waals surface area contributed by atoms with Crippen LogP contribution in [0.15, 0.2) is 46.6 Å². The summed E-state index contributed by atoms with van der Waals surface area (Å²) in [6, 6.07) is 9.24. The van der Waals surface area contributed by atoms with Crippen LogP contribution in [-0.4, -0.2) is 129 Å². The van der Waals surface area contributed by atoms with Gasteiger partial charge in [0.2, 0.25) is 5.75 Å². The SMILES string of the molecule is CCCOCCOCCOc1c(OCCOCCOCCN=[N+]=[N-])cc(C(=O)NCc2ccc(C(=O)O)cc2)cc1OCCOCCOCCN=[N+]=[N-]. The van der Waals surface area contributed by atoms with Gasteiger partial charge in [0.15, 0.2) is 11.5 Å². The number of azide groups is 2. The molecule has 0 unspecified atom stereocenters. The topological polar surface area (TPSA) is 247 Å². The summed E-state index contributed by atoms with van der Waals surface area (Å²) in [5.74, 6) is -0.773. The van der Waals surface area contributed by atoms with E-state index in [1.54, 1.807) is 12.1 Å². The van der Waals surface area contributed by atoms with E-state index in [2.05, 4.69) is 25.4 Å². The molecule has 0 saturated heterocycles. The number of ether oxygens (including phenoxy) is 9. The average Bonchev–Trinajstić information content (AvgIpc) is 3.16. The van der Waals surface area contributed by atoms with E-state index in [0.717, 1.165) is 6.42 Å². The van der Waals surface area contributed by atoms with Crippen LogP contribution in [0.3, 0.4) is 0 Å². The van der Waals surface area contributed by atoms with Crippen LogP contribution in [0.5, 0.6) is 17.2 Å². The van der Waals surface area contributed by atoms with Crippen molar-refractivity contribution in [1.29, 1.82) is 0 Å². The zero-order chi connectivity index (χ0) is 38.2. The molecular formula is C34H49N7O12. The molecule has 19 nitrogen and oxygen atoms in total. The number of amides is 1. The van der Waals surface area contributed by atoms with Gasteiger partial charge in [-0.1, -0.05) is 29.3 Å². The highest BCUT2D eigenvalue weighted by Gasteiger charge is 2.19. The van der Waals surface area contributed by atoms with Crippen molar-refractivity contribution in [3.8, 4) is 17.2 Å². The lowest BCUT2D eigenvalue weighted by Crippen LogP contribution is -2.23. The predicted octanol–water partition coefficient (Wildman–Crippen LogP) is 4.58. The van der Waals surface area contributed by atoms with Gasteiger partial charge in [-0.3, -0.25) is 4.79 Å². The van der Waals surface area contributed by atoms with Crippen molar-refractivity contribution in [2.24, 2.45) is 10.2 Å². The van der Waals surface area contributed by atoms with E-state index in [1.165, 1.54) is 24.3 Å². The van der Waals surface area contributed by atoms with Crippen LogP contribution >= 0.6 is 0 Å². The maximum Gasteiger partial charge on any atom is 0.335 e. The van der Waals surface area contributed by atoms with E-state index < -0.39 is 11.9 Å². The van der Waals surface area contributed by atoms with E-state index >= 15 is 0 Å². The van der Waals surface area contributed by atoms with E-state index in [0.29, 0.717) is 38.6 Å². The largest absolute Gasteiger partial charge is 0.487 e. The molecule has 0 saturated carbocycles. The summed E-state index contributed by atoms with van der Waals surface area (Å²) in [6.45, 7) is 6.85. The number of carboxylic acid groups (broad SMARTS) is 1. The molecule has 292 valence electrons. The minimum absolute atomic E-state index is 0.101. The lowest BCUT2D eigenvalue weighted by molar-refractivity contribution is 0.0321. The van der Waals surface area contributed by atoms with E-state index in [-0.39, 0.29) is 114 Å². The molecule has 1 amide bonds. The third-order valence-electron chi connectivity index (χ3n) is 6.64. The number of nitrogens with one attached hydrogen (secondary N) is 1. The number of rotatable bonds is 33. The number of nitrogens with zero attached hydrogens (tertiary/aromatic N) is 6. The van der Waals surface area contributed by atoms with Crippen molar-refractivity contribution in [2.45, 2.75) is 19.9 Å². The summed E-state index contributed by atoms with van der Waals surface area (Å²) in [4.78, 5) is 29.9. The van der Waals surface area contributed by atoms with Gasteiger partial charge in [-0.2, -0.15) is 0 Å². The molecule has 19 heteroatoms. The Bertz CT molecular complexity index is 1360. The summed E-state index contributed by atoms with van der Waals surface area (Å²) in [7, 11) is 0. The molecule has 0 aliphatic carbocycles. The zero-order valence-corrected chi connectivity index (χ0v) is 30.0. The maximum atomic E-state index is 13.4. The van der Waals surface area contributed by atoms with Crippen LogP contribution in [0.25, 0.3) is 20.9 Å². The van der Waals surface area contributed by atoms with E-state index in [9.17, 15) is 14.7 Å². The van der Waals surface area contributed by atoms with Crippen molar-refractivity contribution in [3.63, 3.8) is 0 Å². The van der Waals surface area contributed by atoms with Gasteiger partial charge in [-0.05, 0) is 47.3 Å². The molecule has 2 aromatic rings. The second-order valence-electron chi connectivity index (χ2n) is 10.6. The lowest BCUT2D eigenvalue weighted by atomic mass is 10.1. The second-order valence-corrected chi connectivity index (χ2v) is 10.6. The first-order valence-electron chi connectivity index (χ1n) is 17.1. The third kappa shape index (κ3) is 20.7. The molecule has 0 heterocycles. The van der Waals surface area contributed by atoms with Gasteiger partial charge in [0, 0.05) is 41.6 Å². The van der Waals surface area contributed by atoms with Crippen molar-refractivity contribution in [1.82, 2.24) is 5.32 Å². The molecule has 0 spiro atoms. The smallest absolute Gasteiger partial charge is 0.335 e. The Balaban J connectivity index is 2.14. The minimum atomic E-state index is -1.04. The Kier molecular flexibility index (Phi) is 24.8. The fourth-order valence-corrected chi connectivity index (χ4v) is 4.15. The highest BCUT2D eigenvalue weighted by molar-refractivity contribution is 5.95. The Morgan fingerprint density at radius 1 is 0.623 bits per heavy atom. The van der Waals surface area contributed by atoms with Crippen molar-refractivity contribution in [2.75, 3.05) is 112 Å². The molecule has 0 fully saturated rings. The normalized spacial score (nSPS) is 10.6. The Morgan fingerprint density at radius 3 is 1.51 bits per heavy atom. The summed E-state index contributed by atoms with van der Waals surface area (Å²) < 4.78 is 51.1. The highest BCUT2D eigenvalue weighted by Crippen LogP contribution is 2.39. The van der Waals surface area contributed by atoms with Gasteiger partial charge in [0.1, 0.15) is 19.8 Å². The lowest BCUT2D eigenvalue weighted by Gasteiger charge is -2.19. The van der Waals surface area contributed by atoms with Gasteiger partial charge < -0.3 is 53.1 Å². The molecule has 0 aliphatic heterocycles. The Hall–Kier alpha value is -4.84. The summed E-state index contributed by atoms with van der Waals surface area (Å²) >= 11 is 0. The first kappa shape index (κ1) is 44.3. The molecule has 2 rings (SSSR count). The molecule has 0 aliphatic rings. The predicted molar refractivity (Wildman–Crippen MR) is 191 cm³/mol. The van der Waals surface area contributed by atoms with Gasteiger partial charge in [-0.15, -0.1) is 0 Å². The number of aromatic carboxylic acids is 1.